The minimum atomic E-state index is -0.998. The Kier molecular flexibility index (Phi) is 5.30. The quantitative estimate of drug-likeness (QED) is 0.623. The fourth-order valence-electron chi connectivity index (χ4n) is 7.59. The van der Waals surface area contributed by atoms with Crippen LogP contribution in [-0.2, 0) is 19.7 Å². The molecule has 0 aromatic heterocycles. The summed E-state index contributed by atoms with van der Waals surface area (Å²) in [4.78, 5) is 25.8. The number of ketones is 2. The lowest BCUT2D eigenvalue weighted by molar-refractivity contribution is -0.135. The molecule has 0 saturated heterocycles. The lowest BCUT2D eigenvalue weighted by Crippen LogP contribution is -2.49. The SMILES string of the molecule is CO[C@@H]1C[C@H]2[C@@H]3CC[C@@]4(O)CC(=O)CCC4=C3[C@@H](c3ccc(C(C)(C)C)cc3)C[C@]2(C)C1=O. The number of hydrogen-bond donors (Lipinski definition) is 1. The summed E-state index contributed by atoms with van der Waals surface area (Å²) in [6.07, 6.45) is 4.07. The second-order valence-corrected chi connectivity index (χ2v) is 12.3. The lowest BCUT2D eigenvalue weighted by atomic mass is 9.51. The van der Waals surface area contributed by atoms with Crippen molar-refractivity contribution in [1.82, 2.24) is 0 Å². The first-order valence-electron chi connectivity index (χ1n) is 12.6. The van der Waals surface area contributed by atoms with Crippen LogP contribution in [0.5, 0.6) is 0 Å². The second-order valence-electron chi connectivity index (χ2n) is 12.3. The first-order valence-corrected chi connectivity index (χ1v) is 12.6. The number of fused-ring (bicyclic) bond motifs is 4. The van der Waals surface area contributed by atoms with Crippen molar-refractivity contribution in [1.29, 1.82) is 0 Å². The Labute approximate surface area is 197 Å². The van der Waals surface area contributed by atoms with Crippen molar-refractivity contribution in [3.8, 4) is 0 Å². The van der Waals surface area contributed by atoms with Gasteiger partial charge in [-0.2, -0.15) is 0 Å². The van der Waals surface area contributed by atoms with Gasteiger partial charge >= 0.3 is 0 Å². The second kappa shape index (κ2) is 7.61. The Balaban J connectivity index is 1.65. The number of ether oxygens (including phenoxy) is 1. The number of methoxy groups -OCH3 is 1. The standard InChI is InChI=1S/C29H38O4/c1-27(2,3)18-8-6-17(7-9-18)21-16-28(4)23(14-24(33-5)26(28)31)20-12-13-29(32)15-19(30)10-11-22(29)25(20)21/h6-9,20-21,23-24,32H,10-16H2,1-5H3/t20-,21+,23-,24+,28-,29+/m0/s1. The van der Waals surface area contributed by atoms with Crippen LogP contribution in [0.25, 0.3) is 0 Å². The van der Waals surface area contributed by atoms with Crippen LogP contribution in [0, 0.1) is 17.3 Å². The molecule has 0 heterocycles. The van der Waals surface area contributed by atoms with E-state index in [1.165, 1.54) is 16.7 Å². The zero-order valence-electron chi connectivity index (χ0n) is 20.7. The van der Waals surface area contributed by atoms with Crippen LogP contribution in [-0.4, -0.2) is 35.5 Å². The Morgan fingerprint density at radius 2 is 1.79 bits per heavy atom. The van der Waals surface area contributed by atoms with Crippen LogP contribution in [0.15, 0.2) is 35.4 Å². The van der Waals surface area contributed by atoms with Crippen molar-refractivity contribution in [2.45, 2.75) is 95.7 Å². The van der Waals surface area contributed by atoms with Crippen molar-refractivity contribution in [3.05, 3.63) is 46.5 Å². The van der Waals surface area contributed by atoms with E-state index in [4.69, 9.17) is 4.74 Å². The average Bonchev–Trinajstić information content (AvgIpc) is 3.02. The van der Waals surface area contributed by atoms with Crippen LogP contribution in [0.2, 0.25) is 0 Å². The Hall–Kier alpha value is -1.78. The fourth-order valence-corrected chi connectivity index (χ4v) is 7.59. The van der Waals surface area contributed by atoms with Crippen LogP contribution in [0.4, 0.5) is 0 Å². The molecule has 3 fully saturated rings. The molecule has 4 aliphatic carbocycles. The molecule has 1 aromatic rings. The smallest absolute Gasteiger partial charge is 0.167 e. The van der Waals surface area contributed by atoms with Gasteiger partial charge < -0.3 is 9.84 Å². The lowest BCUT2D eigenvalue weighted by Gasteiger charge is -2.53. The minimum absolute atomic E-state index is 0.0779. The molecule has 0 bridgehead atoms. The van der Waals surface area contributed by atoms with E-state index < -0.39 is 11.0 Å². The molecule has 178 valence electrons. The third-order valence-electron chi connectivity index (χ3n) is 9.42. The number of carbonyl (C=O) groups is 2. The van der Waals surface area contributed by atoms with Gasteiger partial charge in [0.15, 0.2) is 5.78 Å². The molecule has 0 spiro atoms. The number of rotatable bonds is 2. The molecule has 4 nitrogen and oxygen atoms in total. The molecule has 3 saturated carbocycles. The zero-order chi connectivity index (χ0) is 23.8. The van der Waals surface area contributed by atoms with Crippen LogP contribution in [0.1, 0.15) is 89.7 Å². The monoisotopic (exact) mass is 450 g/mol. The summed E-state index contributed by atoms with van der Waals surface area (Å²) in [6, 6.07) is 8.90. The highest BCUT2D eigenvalue weighted by atomic mass is 16.5. The highest BCUT2D eigenvalue weighted by Crippen LogP contribution is 2.63. The summed E-state index contributed by atoms with van der Waals surface area (Å²) < 4.78 is 5.64. The van der Waals surface area contributed by atoms with Gasteiger partial charge in [-0.3, -0.25) is 9.59 Å². The Morgan fingerprint density at radius 1 is 1.09 bits per heavy atom. The van der Waals surface area contributed by atoms with E-state index in [9.17, 15) is 14.7 Å². The maximum absolute atomic E-state index is 13.5. The first-order chi connectivity index (χ1) is 15.5. The molecule has 1 aromatic carbocycles. The van der Waals surface area contributed by atoms with Gasteiger partial charge in [0.25, 0.3) is 0 Å². The summed E-state index contributed by atoms with van der Waals surface area (Å²) >= 11 is 0. The molecule has 0 unspecified atom stereocenters. The van der Waals surface area contributed by atoms with Gasteiger partial charge in [-0.15, -0.1) is 0 Å². The molecular weight excluding hydrogens is 412 g/mol. The van der Waals surface area contributed by atoms with E-state index in [2.05, 4.69) is 52.0 Å². The van der Waals surface area contributed by atoms with Gasteiger partial charge in [0.1, 0.15) is 11.9 Å². The topological polar surface area (TPSA) is 63.6 Å². The van der Waals surface area contributed by atoms with Crippen molar-refractivity contribution in [2.24, 2.45) is 17.3 Å². The molecule has 6 atom stereocenters. The van der Waals surface area contributed by atoms with Crippen LogP contribution in [0.3, 0.4) is 0 Å². The molecule has 1 N–H and O–H groups in total. The number of benzene rings is 1. The average molecular weight is 451 g/mol. The summed E-state index contributed by atoms with van der Waals surface area (Å²) in [7, 11) is 1.65. The van der Waals surface area contributed by atoms with Crippen molar-refractivity contribution < 1.29 is 19.4 Å². The molecule has 5 rings (SSSR count). The van der Waals surface area contributed by atoms with Crippen molar-refractivity contribution in [2.75, 3.05) is 7.11 Å². The fraction of sp³-hybridized carbons (Fsp3) is 0.655. The van der Waals surface area contributed by atoms with Crippen molar-refractivity contribution in [3.63, 3.8) is 0 Å². The summed E-state index contributed by atoms with van der Waals surface area (Å²) in [5.74, 6) is 1.02. The van der Waals surface area contributed by atoms with E-state index in [0.717, 1.165) is 24.8 Å². The largest absolute Gasteiger partial charge is 0.385 e. The van der Waals surface area contributed by atoms with Gasteiger partial charge in [-0.1, -0.05) is 57.5 Å². The third-order valence-corrected chi connectivity index (χ3v) is 9.42. The number of Topliss-reactive ketones (excluding diaryl/α,β-unsaturated/α-hetero) is 2. The molecule has 4 heteroatoms. The summed E-state index contributed by atoms with van der Waals surface area (Å²) in [6.45, 7) is 8.81. The number of hydrogen-bond acceptors (Lipinski definition) is 4. The normalized spacial score (nSPS) is 38.7. The van der Waals surface area contributed by atoms with Crippen LogP contribution < -0.4 is 0 Å². The predicted octanol–water partition coefficient (Wildman–Crippen LogP) is 5.27. The molecule has 0 aliphatic heterocycles. The maximum atomic E-state index is 13.5. The van der Waals surface area contributed by atoms with Gasteiger partial charge in [-0.25, -0.2) is 0 Å². The summed E-state index contributed by atoms with van der Waals surface area (Å²) in [5.41, 5.74) is 3.63. The van der Waals surface area contributed by atoms with Gasteiger partial charge in [0.2, 0.25) is 0 Å². The third kappa shape index (κ3) is 3.47. The highest BCUT2D eigenvalue weighted by Gasteiger charge is 2.61. The number of allylic oxidation sites excluding steroid dienone is 1. The van der Waals surface area contributed by atoms with Gasteiger partial charge in [-0.05, 0) is 66.1 Å². The molecular formula is C29H38O4. The molecule has 4 aliphatic rings. The maximum Gasteiger partial charge on any atom is 0.167 e. The predicted molar refractivity (Wildman–Crippen MR) is 128 cm³/mol. The molecule has 0 radical (unpaired) electrons. The minimum Gasteiger partial charge on any atom is -0.385 e. The van der Waals surface area contributed by atoms with Gasteiger partial charge in [0.05, 0.1) is 5.60 Å². The molecule has 33 heavy (non-hydrogen) atoms. The zero-order valence-corrected chi connectivity index (χ0v) is 20.7. The van der Waals surface area contributed by atoms with E-state index in [-0.39, 0.29) is 47.3 Å². The van der Waals surface area contributed by atoms with E-state index in [1.54, 1.807) is 7.11 Å². The highest BCUT2D eigenvalue weighted by molar-refractivity contribution is 5.92. The molecule has 0 amide bonds. The summed E-state index contributed by atoms with van der Waals surface area (Å²) in [5, 5.41) is 11.6. The van der Waals surface area contributed by atoms with E-state index in [1.807, 2.05) is 0 Å². The first kappa shape index (κ1) is 23.0. The Morgan fingerprint density at radius 3 is 2.42 bits per heavy atom. The van der Waals surface area contributed by atoms with Gasteiger partial charge in [0, 0.05) is 31.3 Å². The Bertz CT molecular complexity index is 1010. The van der Waals surface area contributed by atoms with E-state index in [0.29, 0.717) is 19.3 Å². The number of carbonyl (C=O) groups excluding carboxylic acids is 2. The van der Waals surface area contributed by atoms with Crippen molar-refractivity contribution >= 4 is 11.6 Å². The van der Waals surface area contributed by atoms with E-state index >= 15 is 0 Å². The number of aliphatic hydroxyl groups is 1. The van der Waals surface area contributed by atoms with Crippen LogP contribution >= 0.6 is 0 Å².